The number of nitrogens with one attached hydrogen (secondary N) is 1. The van der Waals surface area contributed by atoms with Crippen molar-refractivity contribution in [2.24, 2.45) is 5.73 Å². The van der Waals surface area contributed by atoms with Crippen molar-refractivity contribution in [2.45, 2.75) is 24.8 Å². The summed E-state index contributed by atoms with van der Waals surface area (Å²) in [6.45, 7) is 1.48. The summed E-state index contributed by atoms with van der Waals surface area (Å²) < 4.78 is 21.3. The molecule has 0 aromatic heterocycles. The lowest BCUT2D eigenvalue weighted by atomic mass is 9.90. The van der Waals surface area contributed by atoms with Crippen LogP contribution in [0.25, 0.3) is 0 Å². The van der Waals surface area contributed by atoms with Crippen LogP contribution in [0.1, 0.15) is 18.4 Å². The fourth-order valence-electron chi connectivity index (χ4n) is 2.76. The first kappa shape index (κ1) is 18.4. The molecule has 134 valence electrons. The molecule has 7 nitrogen and oxygen atoms in total. The molecule has 1 aromatic carbocycles. The van der Waals surface area contributed by atoms with Crippen molar-refractivity contribution in [2.75, 3.05) is 41.1 Å². The van der Waals surface area contributed by atoms with Crippen LogP contribution in [-0.4, -0.2) is 52.5 Å². The van der Waals surface area contributed by atoms with Crippen molar-refractivity contribution >= 4 is 5.91 Å². The van der Waals surface area contributed by atoms with Gasteiger partial charge in [0.1, 0.15) is 17.2 Å². The Morgan fingerprint density at radius 1 is 1.17 bits per heavy atom. The molecular formula is C17H26N2O5. The highest BCUT2D eigenvalue weighted by Gasteiger charge is 2.35. The minimum atomic E-state index is -0.841. The molecule has 0 aliphatic carbocycles. The second-order valence-electron chi connectivity index (χ2n) is 5.78. The van der Waals surface area contributed by atoms with E-state index in [-0.39, 0.29) is 5.91 Å². The largest absolute Gasteiger partial charge is 0.496 e. The molecule has 0 spiro atoms. The van der Waals surface area contributed by atoms with Gasteiger partial charge in [-0.05, 0) is 19.3 Å². The zero-order valence-corrected chi connectivity index (χ0v) is 14.5. The van der Waals surface area contributed by atoms with Crippen LogP contribution in [0.3, 0.4) is 0 Å². The van der Waals surface area contributed by atoms with E-state index >= 15 is 0 Å². The maximum Gasteiger partial charge on any atom is 0.240 e. The van der Waals surface area contributed by atoms with Gasteiger partial charge in [0.15, 0.2) is 0 Å². The maximum atomic E-state index is 12.3. The number of ether oxygens (including phenoxy) is 4. The molecular weight excluding hydrogens is 312 g/mol. The molecule has 0 bridgehead atoms. The van der Waals surface area contributed by atoms with E-state index in [0.717, 1.165) is 5.56 Å². The van der Waals surface area contributed by atoms with Gasteiger partial charge >= 0.3 is 0 Å². The number of nitrogens with two attached hydrogens (primary N) is 1. The van der Waals surface area contributed by atoms with Crippen LogP contribution in [-0.2, 0) is 16.0 Å². The number of carbonyl (C=O) groups excluding carboxylic acids is 1. The first-order valence-corrected chi connectivity index (χ1v) is 7.98. The van der Waals surface area contributed by atoms with E-state index in [4.69, 9.17) is 24.7 Å². The van der Waals surface area contributed by atoms with Gasteiger partial charge in [0, 0.05) is 37.5 Å². The Morgan fingerprint density at radius 2 is 1.75 bits per heavy atom. The van der Waals surface area contributed by atoms with Crippen molar-refractivity contribution in [3.8, 4) is 17.2 Å². The molecule has 1 heterocycles. The third-order valence-electron chi connectivity index (χ3n) is 4.31. The number of benzene rings is 1. The zero-order valence-electron chi connectivity index (χ0n) is 14.5. The van der Waals surface area contributed by atoms with Crippen LogP contribution >= 0.6 is 0 Å². The van der Waals surface area contributed by atoms with E-state index in [2.05, 4.69) is 5.32 Å². The predicted molar refractivity (Wildman–Crippen MR) is 89.8 cm³/mol. The average Bonchev–Trinajstić information content (AvgIpc) is 2.61. The smallest absolute Gasteiger partial charge is 0.240 e. The summed E-state index contributed by atoms with van der Waals surface area (Å²) in [5.41, 5.74) is 6.21. The third kappa shape index (κ3) is 4.10. The summed E-state index contributed by atoms with van der Waals surface area (Å²) in [7, 11) is 4.77. The average molecular weight is 338 g/mol. The van der Waals surface area contributed by atoms with Crippen molar-refractivity contribution in [1.82, 2.24) is 5.32 Å². The summed E-state index contributed by atoms with van der Waals surface area (Å²) in [5.74, 6) is 1.83. The normalized spacial score (nSPS) is 16.3. The topological polar surface area (TPSA) is 92.0 Å². The number of amides is 1. The number of rotatable bonds is 7. The third-order valence-corrected chi connectivity index (χ3v) is 4.31. The Hall–Kier alpha value is -1.99. The van der Waals surface area contributed by atoms with E-state index in [1.165, 1.54) is 0 Å². The highest BCUT2D eigenvalue weighted by atomic mass is 16.5. The van der Waals surface area contributed by atoms with Crippen molar-refractivity contribution < 1.29 is 23.7 Å². The molecule has 1 aliphatic rings. The molecule has 1 aliphatic heterocycles. The lowest BCUT2D eigenvalue weighted by Gasteiger charge is -2.31. The molecule has 0 radical (unpaired) electrons. The Balaban J connectivity index is 2.02. The second-order valence-corrected chi connectivity index (χ2v) is 5.78. The molecule has 0 saturated carbocycles. The Kier molecular flexibility index (Phi) is 6.28. The fourth-order valence-corrected chi connectivity index (χ4v) is 2.76. The van der Waals surface area contributed by atoms with Crippen LogP contribution < -0.4 is 25.3 Å². The lowest BCUT2D eigenvalue weighted by molar-refractivity contribution is -0.129. The van der Waals surface area contributed by atoms with Gasteiger partial charge in [0.25, 0.3) is 0 Å². The predicted octanol–water partition coefficient (Wildman–Crippen LogP) is 0.879. The summed E-state index contributed by atoms with van der Waals surface area (Å²) in [6.07, 6.45) is 1.64. The standard InChI is InChI=1S/C17H26N2O5/c1-21-12-10-14(22-2)13(15(11-12)23-3)4-7-19-16(20)17(18)5-8-24-9-6-17/h10-11H,4-9,18H2,1-3H3,(H,19,20). The zero-order chi connectivity index (χ0) is 17.6. The monoisotopic (exact) mass is 338 g/mol. The van der Waals surface area contributed by atoms with Gasteiger partial charge in [0.2, 0.25) is 5.91 Å². The minimum Gasteiger partial charge on any atom is -0.496 e. The quantitative estimate of drug-likeness (QED) is 0.767. The van der Waals surface area contributed by atoms with Gasteiger partial charge in [-0.1, -0.05) is 0 Å². The van der Waals surface area contributed by atoms with Crippen LogP contribution in [0.2, 0.25) is 0 Å². The van der Waals surface area contributed by atoms with Gasteiger partial charge in [-0.2, -0.15) is 0 Å². The van der Waals surface area contributed by atoms with Crippen LogP contribution in [0.15, 0.2) is 12.1 Å². The van der Waals surface area contributed by atoms with Gasteiger partial charge in [-0.25, -0.2) is 0 Å². The molecule has 1 aromatic rings. The maximum absolute atomic E-state index is 12.3. The number of hydrogen-bond acceptors (Lipinski definition) is 6. The molecule has 3 N–H and O–H groups in total. The number of methoxy groups -OCH3 is 3. The van der Waals surface area contributed by atoms with Gasteiger partial charge in [-0.15, -0.1) is 0 Å². The SMILES string of the molecule is COc1cc(OC)c(CCNC(=O)C2(N)CCOCC2)c(OC)c1. The fraction of sp³-hybridized carbons (Fsp3) is 0.588. The highest BCUT2D eigenvalue weighted by molar-refractivity contribution is 5.86. The molecule has 1 fully saturated rings. The van der Waals surface area contributed by atoms with Crippen LogP contribution in [0.4, 0.5) is 0 Å². The molecule has 1 amide bonds. The van der Waals surface area contributed by atoms with Crippen LogP contribution in [0.5, 0.6) is 17.2 Å². The first-order chi connectivity index (χ1) is 11.5. The highest BCUT2D eigenvalue weighted by Crippen LogP contribution is 2.34. The van der Waals surface area contributed by atoms with Crippen molar-refractivity contribution in [1.29, 1.82) is 0 Å². The van der Waals surface area contributed by atoms with Crippen molar-refractivity contribution in [3.63, 3.8) is 0 Å². The second kappa shape index (κ2) is 8.21. The number of carbonyl (C=O) groups is 1. The Labute approximate surface area is 142 Å². The molecule has 24 heavy (non-hydrogen) atoms. The molecule has 0 unspecified atom stereocenters. The minimum absolute atomic E-state index is 0.141. The van der Waals surface area contributed by atoms with E-state index < -0.39 is 5.54 Å². The molecule has 1 saturated heterocycles. The summed E-state index contributed by atoms with van der Waals surface area (Å²) in [5, 5.41) is 2.91. The van der Waals surface area contributed by atoms with Crippen LogP contribution in [0, 0.1) is 0 Å². The molecule has 2 rings (SSSR count). The number of hydrogen-bond donors (Lipinski definition) is 2. The van der Waals surface area contributed by atoms with Crippen molar-refractivity contribution in [3.05, 3.63) is 17.7 Å². The van der Waals surface area contributed by atoms with E-state index in [1.807, 2.05) is 0 Å². The lowest BCUT2D eigenvalue weighted by Crippen LogP contribution is -2.57. The summed E-state index contributed by atoms with van der Waals surface area (Å²) in [4.78, 5) is 12.3. The summed E-state index contributed by atoms with van der Waals surface area (Å²) in [6, 6.07) is 3.59. The van der Waals surface area contributed by atoms with E-state index in [9.17, 15) is 4.79 Å². The van der Waals surface area contributed by atoms with E-state index in [1.54, 1.807) is 33.5 Å². The van der Waals surface area contributed by atoms with Gasteiger partial charge in [0.05, 0.1) is 26.9 Å². The first-order valence-electron chi connectivity index (χ1n) is 7.98. The Bertz CT molecular complexity index is 545. The van der Waals surface area contributed by atoms with Gasteiger partial charge in [-0.3, -0.25) is 4.79 Å². The molecule has 0 atom stereocenters. The van der Waals surface area contributed by atoms with Gasteiger partial charge < -0.3 is 30.0 Å². The Morgan fingerprint density at radius 3 is 2.25 bits per heavy atom. The van der Waals surface area contributed by atoms with E-state index in [0.29, 0.717) is 56.3 Å². The molecule has 7 heteroatoms. The summed E-state index contributed by atoms with van der Waals surface area (Å²) >= 11 is 0.